The molecule has 12 heteroatoms. The first-order valence-corrected chi connectivity index (χ1v) is 22.6. The van der Waals surface area contributed by atoms with Crippen molar-refractivity contribution in [2.24, 2.45) is 0 Å². The first-order chi connectivity index (χ1) is 34.6. The van der Waals surface area contributed by atoms with Gasteiger partial charge in [-0.15, -0.1) is 0 Å². The number of hydrogen-bond donors (Lipinski definition) is 0. The molecule has 0 aliphatic rings. The minimum absolute atomic E-state index is 0.261. The molecule has 6 aromatic rings. The van der Waals surface area contributed by atoms with Crippen molar-refractivity contribution in [1.29, 1.82) is 0 Å². The van der Waals surface area contributed by atoms with Crippen LogP contribution in [0, 0.1) is 0 Å². The Morgan fingerprint density at radius 3 is 0.808 bits per heavy atom. The lowest BCUT2D eigenvalue weighted by Gasteiger charge is -2.14. The number of carbonyl (C=O) groups excluding carboxylic acids is 6. The van der Waals surface area contributed by atoms with Crippen molar-refractivity contribution >= 4 is 35.8 Å². The largest absolute Gasteiger partial charge is 0.423 e. The lowest BCUT2D eigenvalue weighted by Crippen LogP contribution is -2.10. The average Bonchev–Trinajstić information content (AvgIpc) is 3.37. The van der Waals surface area contributed by atoms with Crippen molar-refractivity contribution in [1.82, 2.24) is 0 Å². The molecule has 370 valence electrons. The molecule has 0 aliphatic heterocycles. The molecule has 0 aliphatic carbocycles. The first kappa shape index (κ1) is 54.5. The van der Waals surface area contributed by atoms with Crippen molar-refractivity contribution in [3.8, 4) is 79.0 Å². The molecule has 0 amide bonds. The normalized spacial score (nSPS) is 10.5. The fraction of sp³-hybridized carbons (Fsp3) is 0.115. The van der Waals surface area contributed by atoms with Gasteiger partial charge >= 0.3 is 35.8 Å². The summed E-state index contributed by atoms with van der Waals surface area (Å²) in [4.78, 5) is 72.0. The third-order valence-electron chi connectivity index (χ3n) is 10.4. The maximum Gasteiger partial charge on any atom is 0.338 e. The maximum absolute atomic E-state index is 12.6. The Bertz CT molecular complexity index is 3190. The zero-order chi connectivity index (χ0) is 53.5. The van der Waals surface area contributed by atoms with Crippen LogP contribution in [0.25, 0.3) is 44.5 Å². The van der Waals surface area contributed by atoms with Gasteiger partial charge in [-0.3, -0.25) is 0 Å². The van der Waals surface area contributed by atoms with Crippen LogP contribution in [-0.4, -0.2) is 35.8 Å². The highest BCUT2D eigenvalue weighted by molar-refractivity contribution is 5.93. The van der Waals surface area contributed by atoms with Crippen molar-refractivity contribution < 1.29 is 57.2 Å². The smallest absolute Gasteiger partial charge is 0.338 e. The highest BCUT2D eigenvalue weighted by atomic mass is 16.6. The highest BCUT2D eigenvalue weighted by Gasteiger charge is 2.18. The molecule has 0 N–H and O–H groups in total. The Hall–Kier alpha value is -9.42. The molecule has 6 rings (SSSR count). The molecule has 0 spiro atoms. The molecule has 73 heavy (non-hydrogen) atoms. The summed E-state index contributed by atoms with van der Waals surface area (Å²) in [5.74, 6) is -0.776. The van der Waals surface area contributed by atoms with Gasteiger partial charge in [0.25, 0.3) is 0 Å². The molecule has 0 heterocycles. The Labute approximate surface area is 424 Å². The summed E-state index contributed by atoms with van der Waals surface area (Å²) in [6.45, 7) is 29.3. The van der Waals surface area contributed by atoms with Gasteiger partial charge in [-0.25, -0.2) is 28.8 Å². The van der Waals surface area contributed by atoms with Crippen LogP contribution in [-0.2, 0) is 28.8 Å². The van der Waals surface area contributed by atoms with E-state index in [4.69, 9.17) is 28.4 Å². The third kappa shape index (κ3) is 15.3. The van der Waals surface area contributed by atoms with E-state index in [0.29, 0.717) is 73.5 Å². The number of carbonyl (C=O) groups is 6. The quantitative estimate of drug-likeness (QED) is 0.0514. The summed E-state index contributed by atoms with van der Waals surface area (Å²) >= 11 is 0. The number of hydrogen-bond acceptors (Lipinski definition) is 12. The molecule has 0 saturated carbocycles. The van der Waals surface area contributed by atoms with Crippen molar-refractivity contribution in [2.75, 3.05) is 0 Å². The average molecular weight is 979 g/mol. The second-order valence-corrected chi connectivity index (χ2v) is 16.7. The maximum atomic E-state index is 12.6. The Kier molecular flexibility index (Phi) is 18.6. The van der Waals surface area contributed by atoms with Gasteiger partial charge in [0.2, 0.25) is 0 Å². The minimum Gasteiger partial charge on any atom is -0.423 e. The minimum atomic E-state index is -0.553. The summed E-state index contributed by atoms with van der Waals surface area (Å²) in [5.41, 5.74) is 8.07. The summed E-state index contributed by atoms with van der Waals surface area (Å²) < 4.78 is 32.4. The van der Waals surface area contributed by atoms with Gasteiger partial charge in [0.15, 0.2) is 0 Å². The second-order valence-electron chi connectivity index (χ2n) is 16.7. The number of benzene rings is 6. The van der Waals surface area contributed by atoms with Crippen LogP contribution in [0.3, 0.4) is 0 Å². The van der Waals surface area contributed by atoms with Gasteiger partial charge in [0.05, 0.1) is 0 Å². The van der Waals surface area contributed by atoms with E-state index >= 15 is 0 Å². The molecule has 0 fully saturated rings. The lowest BCUT2D eigenvalue weighted by atomic mass is 9.99. The highest BCUT2D eigenvalue weighted by Crippen LogP contribution is 2.38. The van der Waals surface area contributed by atoms with E-state index in [1.807, 2.05) is 36.4 Å². The number of allylic oxidation sites excluding steroid dienone is 1. The van der Waals surface area contributed by atoms with Gasteiger partial charge < -0.3 is 28.4 Å². The van der Waals surface area contributed by atoms with E-state index < -0.39 is 35.8 Å². The van der Waals surface area contributed by atoms with Crippen molar-refractivity contribution in [2.45, 2.75) is 48.5 Å². The Morgan fingerprint density at radius 1 is 0.315 bits per heavy atom. The van der Waals surface area contributed by atoms with E-state index in [9.17, 15) is 28.8 Å². The van der Waals surface area contributed by atoms with Gasteiger partial charge in [0, 0.05) is 44.6 Å². The fourth-order valence-electron chi connectivity index (χ4n) is 6.15. The zero-order valence-corrected chi connectivity index (χ0v) is 41.7. The van der Waals surface area contributed by atoms with E-state index in [0.717, 1.165) is 33.4 Å². The Balaban J connectivity index is 0.000000271. The van der Waals surface area contributed by atoms with E-state index in [2.05, 4.69) is 32.9 Å². The lowest BCUT2D eigenvalue weighted by molar-refractivity contribution is -0.131. The molecule has 0 bridgehead atoms. The summed E-state index contributed by atoms with van der Waals surface area (Å²) in [6, 6.07) is 38.7. The predicted molar refractivity (Wildman–Crippen MR) is 282 cm³/mol. The predicted octanol–water partition coefficient (Wildman–Crippen LogP) is 13.3. The van der Waals surface area contributed by atoms with Gasteiger partial charge in [-0.1, -0.05) is 112 Å². The van der Waals surface area contributed by atoms with Gasteiger partial charge in [-0.2, -0.15) is 0 Å². The molecule has 0 saturated heterocycles. The van der Waals surface area contributed by atoms with Crippen LogP contribution >= 0.6 is 0 Å². The van der Waals surface area contributed by atoms with Crippen LogP contribution in [0.4, 0.5) is 0 Å². The van der Waals surface area contributed by atoms with Crippen LogP contribution < -0.4 is 28.4 Å². The second kappa shape index (κ2) is 24.9. The molecule has 0 unspecified atom stereocenters. The first-order valence-electron chi connectivity index (χ1n) is 22.6. The fourth-order valence-corrected chi connectivity index (χ4v) is 6.15. The van der Waals surface area contributed by atoms with Crippen LogP contribution in [0.2, 0.25) is 0 Å². The molecule has 12 nitrogen and oxygen atoms in total. The van der Waals surface area contributed by atoms with Crippen molar-refractivity contribution in [3.05, 3.63) is 206 Å². The molecular formula is C61H54O12. The molecule has 6 aromatic carbocycles. The van der Waals surface area contributed by atoms with Crippen molar-refractivity contribution in [3.63, 3.8) is 0 Å². The number of ether oxygens (including phenoxy) is 6. The van der Waals surface area contributed by atoms with E-state index in [1.165, 1.54) is 0 Å². The SMILES string of the molecule is C=C(C)C(=O)Oc1ccc(-c2ccc(-c3ccc(OC(=O)C(=C)C)cc3)c(OC(=O)/C(C)=C/C)c2)cc1.C=C(C)C(=O)Oc1ccc(-c2ccc(-c3ccc(OC(=O)C(=C)C)cc3)c(OC(=O)C(=C)C)c2)cc1. The van der Waals surface area contributed by atoms with Gasteiger partial charge in [0.1, 0.15) is 34.5 Å². The van der Waals surface area contributed by atoms with Gasteiger partial charge in [-0.05, 0) is 143 Å². The van der Waals surface area contributed by atoms with Crippen LogP contribution in [0.5, 0.6) is 34.5 Å². The molecular weight excluding hydrogens is 925 g/mol. The third-order valence-corrected chi connectivity index (χ3v) is 10.4. The van der Waals surface area contributed by atoms with E-state index in [1.54, 1.807) is 152 Å². The molecule has 0 aromatic heterocycles. The summed E-state index contributed by atoms with van der Waals surface area (Å²) in [5, 5.41) is 0. The van der Waals surface area contributed by atoms with Crippen LogP contribution in [0.1, 0.15) is 48.5 Å². The number of esters is 6. The van der Waals surface area contributed by atoms with E-state index in [-0.39, 0.29) is 5.57 Å². The summed E-state index contributed by atoms with van der Waals surface area (Å²) in [6.07, 6.45) is 1.68. The molecule has 0 atom stereocenters. The topological polar surface area (TPSA) is 158 Å². The Morgan fingerprint density at radius 2 is 0.548 bits per heavy atom. The molecule has 0 radical (unpaired) electrons. The standard InChI is InChI=1S/C31H28O6.C30H26O6/c1-7-21(6)31(34)37-28-18-24(22-8-13-25(14-9-22)35-29(32)19(2)3)12-17-27(28)23-10-15-26(16-11-23)36-30(33)20(4)5;1-18(2)28(31)34-24-12-7-21(8-13-24)23-11-16-26(27(17-23)36-30(33)20(5)6)22-9-14-25(15-10-22)35-29(32)19(3)4/h7-18H,2,4H2,1,3,5-6H3;7-17H,1,3,5H2,2,4,6H3/b21-7+;. The van der Waals surface area contributed by atoms with Crippen LogP contribution in [0.15, 0.2) is 206 Å². The monoisotopic (exact) mass is 978 g/mol. The summed E-state index contributed by atoms with van der Waals surface area (Å²) in [7, 11) is 0. The zero-order valence-electron chi connectivity index (χ0n) is 41.7. The number of rotatable bonds is 16.